The molecule has 3 rings (SSSR count). The molecule has 0 radical (unpaired) electrons. The number of ether oxygens (including phenoxy) is 1. The van der Waals surface area contributed by atoms with Crippen LogP contribution in [0, 0.1) is 5.41 Å². The van der Waals surface area contributed by atoms with Gasteiger partial charge in [-0.25, -0.2) is 9.97 Å². The maximum Gasteiger partial charge on any atom is 0.229 e. The summed E-state index contributed by atoms with van der Waals surface area (Å²) in [6.45, 7) is 6.24. The predicted molar refractivity (Wildman–Crippen MR) is 91.9 cm³/mol. The Bertz CT molecular complexity index is 578. The average molecular weight is 332 g/mol. The fourth-order valence-electron chi connectivity index (χ4n) is 2.97. The molecule has 1 aromatic rings. The second kappa shape index (κ2) is 7.05. The van der Waals surface area contributed by atoms with E-state index in [2.05, 4.69) is 27.2 Å². The summed E-state index contributed by atoms with van der Waals surface area (Å²) in [6.07, 6.45) is 7.71. The molecule has 1 aliphatic heterocycles. The summed E-state index contributed by atoms with van der Waals surface area (Å²) < 4.78 is 5.91. The molecule has 2 fully saturated rings. The van der Waals surface area contributed by atoms with Crippen molar-refractivity contribution in [2.75, 3.05) is 26.7 Å². The number of hydrogen-bond donors (Lipinski definition) is 1. The number of carbonyl (C=O) groups excluding carboxylic acids is 1. The molecule has 1 amide bonds. The average Bonchev–Trinajstić information content (AvgIpc) is 3.40. The fourth-order valence-corrected chi connectivity index (χ4v) is 2.97. The van der Waals surface area contributed by atoms with Crippen molar-refractivity contribution in [3.63, 3.8) is 0 Å². The van der Waals surface area contributed by atoms with Gasteiger partial charge in [-0.05, 0) is 65.6 Å². The van der Waals surface area contributed by atoms with Gasteiger partial charge in [-0.1, -0.05) is 0 Å². The minimum absolute atomic E-state index is 0.0547. The fraction of sp³-hybridized carbons (Fsp3) is 0.722. The number of piperidine rings is 1. The van der Waals surface area contributed by atoms with Gasteiger partial charge in [0.2, 0.25) is 11.8 Å². The third-order valence-electron chi connectivity index (χ3n) is 4.96. The maximum atomic E-state index is 12.6. The van der Waals surface area contributed by atoms with Gasteiger partial charge >= 0.3 is 0 Å². The molecule has 0 bridgehead atoms. The van der Waals surface area contributed by atoms with Crippen molar-refractivity contribution in [3.8, 4) is 5.88 Å². The first-order chi connectivity index (χ1) is 11.5. The zero-order chi connectivity index (χ0) is 17.2. The molecular formula is C18H28N4O2. The minimum atomic E-state index is -0.588. The lowest BCUT2D eigenvalue weighted by Crippen LogP contribution is -2.49. The molecule has 1 aromatic heterocycles. The molecule has 0 aromatic carbocycles. The van der Waals surface area contributed by atoms with E-state index in [1.165, 1.54) is 19.2 Å². The van der Waals surface area contributed by atoms with Crippen LogP contribution in [0.5, 0.6) is 5.88 Å². The Balaban J connectivity index is 1.54. The van der Waals surface area contributed by atoms with Crippen LogP contribution < -0.4 is 10.1 Å². The zero-order valence-electron chi connectivity index (χ0n) is 14.9. The van der Waals surface area contributed by atoms with Crippen molar-refractivity contribution >= 4 is 5.91 Å². The van der Waals surface area contributed by atoms with E-state index < -0.39 is 5.41 Å². The van der Waals surface area contributed by atoms with E-state index in [4.69, 9.17) is 4.74 Å². The lowest BCUT2D eigenvalue weighted by Gasteiger charge is -2.32. The Morgan fingerprint density at radius 2 is 2.04 bits per heavy atom. The number of amides is 1. The van der Waals surface area contributed by atoms with E-state index in [-0.39, 0.29) is 11.9 Å². The Kier molecular flexibility index (Phi) is 5.04. The third kappa shape index (κ3) is 4.23. The molecule has 1 aliphatic carbocycles. The van der Waals surface area contributed by atoms with Gasteiger partial charge in [-0.2, -0.15) is 0 Å². The highest BCUT2D eigenvalue weighted by Crippen LogP contribution is 2.43. The number of nitrogens with one attached hydrogen (secondary N) is 1. The van der Waals surface area contributed by atoms with E-state index in [0.717, 1.165) is 31.5 Å². The highest BCUT2D eigenvalue weighted by Gasteiger charge is 2.33. The predicted octanol–water partition coefficient (Wildman–Crippen LogP) is 1.97. The van der Waals surface area contributed by atoms with Crippen molar-refractivity contribution in [1.82, 2.24) is 20.2 Å². The first-order valence-corrected chi connectivity index (χ1v) is 8.88. The molecule has 24 heavy (non-hydrogen) atoms. The maximum absolute atomic E-state index is 12.6. The number of nitrogens with zero attached hydrogens (tertiary/aromatic N) is 3. The SMILES string of the molecule is CN1CCC(NC(=O)C(C)(C)COc2ncncc2C2CC2)CC1. The van der Waals surface area contributed by atoms with Crippen molar-refractivity contribution in [2.45, 2.75) is 51.5 Å². The normalized spacial score (nSPS) is 20.0. The van der Waals surface area contributed by atoms with Crippen LogP contribution in [0.2, 0.25) is 0 Å². The molecule has 6 nitrogen and oxygen atoms in total. The molecule has 132 valence electrons. The topological polar surface area (TPSA) is 67.4 Å². The number of carbonyl (C=O) groups is 1. The van der Waals surface area contributed by atoms with Crippen molar-refractivity contribution in [3.05, 3.63) is 18.1 Å². The molecule has 2 aliphatic rings. The van der Waals surface area contributed by atoms with Crippen LogP contribution in [-0.2, 0) is 4.79 Å². The van der Waals surface area contributed by atoms with Gasteiger partial charge in [-0.3, -0.25) is 4.79 Å². The van der Waals surface area contributed by atoms with Gasteiger partial charge in [0.15, 0.2) is 0 Å². The first-order valence-electron chi connectivity index (χ1n) is 8.88. The number of hydrogen-bond acceptors (Lipinski definition) is 5. The lowest BCUT2D eigenvalue weighted by molar-refractivity contribution is -0.131. The van der Waals surface area contributed by atoms with Crippen LogP contribution in [0.3, 0.4) is 0 Å². The third-order valence-corrected chi connectivity index (χ3v) is 4.96. The van der Waals surface area contributed by atoms with Gasteiger partial charge < -0.3 is 15.0 Å². The molecule has 0 atom stereocenters. The van der Waals surface area contributed by atoms with Crippen LogP contribution in [0.4, 0.5) is 0 Å². The van der Waals surface area contributed by atoms with Gasteiger partial charge in [0.05, 0.1) is 5.41 Å². The Morgan fingerprint density at radius 3 is 2.71 bits per heavy atom. The standard InChI is InChI=1S/C18H28N4O2/c1-18(2,17(23)21-14-6-8-22(3)9-7-14)11-24-16-15(13-4-5-13)10-19-12-20-16/h10,12-14H,4-9,11H2,1-3H3,(H,21,23). The Morgan fingerprint density at radius 1 is 1.33 bits per heavy atom. The summed E-state index contributed by atoms with van der Waals surface area (Å²) in [5.41, 5.74) is 0.485. The Hall–Kier alpha value is -1.69. The molecular weight excluding hydrogens is 304 g/mol. The summed E-state index contributed by atoms with van der Waals surface area (Å²) in [7, 11) is 2.12. The van der Waals surface area contributed by atoms with Gasteiger partial charge in [0.25, 0.3) is 0 Å². The molecule has 1 saturated carbocycles. The monoisotopic (exact) mass is 332 g/mol. The highest BCUT2D eigenvalue weighted by atomic mass is 16.5. The summed E-state index contributed by atoms with van der Waals surface area (Å²) in [4.78, 5) is 23.3. The van der Waals surface area contributed by atoms with Crippen LogP contribution in [-0.4, -0.2) is 53.6 Å². The second-order valence-corrected chi connectivity index (χ2v) is 7.78. The van der Waals surface area contributed by atoms with E-state index in [0.29, 0.717) is 18.4 Å². The summed E-state index contributed by atoms with van der Waals surface area (Å²) in [5.74, 6) is 1.21. The lowest BCUT2D eigenvalue weighted by atomic mass is 9.92. The largest absolute Gasteiger partial charge is 0.476 e. The van der Waals surface area contributed by atoms with Gasteiger partial charge in [0.1, 0.15) is 12.9 Å². The minimum Gasteiger partial charge on any atom is -0.476 e. The quantitative estimate of drug-likeness (QED) is 0.863. The first kappa shape index (κ1) is 17.1. The molecule has 2 heterocycles. The van der Waals surface area contributed by atoms with E-state index in [1.807, 2.05) is 20.0 Å². The van der Waals surface area contributed by atoms with Gasteiger partial charge in [-0.15, -0.1) is 0 Å². The summed E-state index contributed by atoms with van der Waals surface area (Å²) in [5, 5.41) is 3.19. The molecule has 0 spiro atoms. The van der Waals surface area contributed by atoms with Crippen LogP contribution >= 0.6 is 0 Å². The zero-order valence-corrected chi connectivity index (χ0v) is 14.9. The second-order valence-electron chi connectivity index (χ2n) is 7.78. The van der Waals surface area contributed by atoms with Crippen LogP contribution in [0.15, 0.2) is 12.5 Å². The van der Waals surface area contributed by atoms with E-state index in [1.54, 1.807) is 0 Å². The summed E-state index contributed by atoms with van der Waals surface area (Å²) in [6, 6.07) is 0.272. The van der Waals surface area contributed by atoms with Crippen LogP contribution in [0.1, 0.15) is 51.0 Å². The highest BCUT2D eigenvalue weighted by molar-refractivity contribution is 5.82. The smallest absolute Gasteiger partial charge is 0.229 e. The van der Waals surface area contributed by atoms with Gasteiger partial charge in [0, 0.05) is 17.8 Å². The number of aromatic nitrogens is 2. The van der Waals surface area contributed by atoms with Crippen molar-refractivity contribution < 1.29 is 9.53 Å². The molecule has 6 heteroatoms. The van der Waals surface area contributed by atoms with E-state index in [9.17, 15) is 4.79 Å². The number of likely N-dealkylation sites (tertiary alicyclic amines) is 1. The summed E-state index contributed by atoms with van der Waals surface area (Å²) >= 11 is 0. The molecule has 1 N–H and O–H groups in total. The molecule has 1 saturated heterocycles. The van der Waals surface area contributed by atoms with Crippen molar-refractivity contribution in [1.29, 1.82) is 0 Å². The Labute approximate surface area is 144 Å². The number of rotatable bonds is 6. The van der Waals surface area contributed by atoms with Crippen molar-refractivity contribution in [2.24, 2.45) is 5.41 Å². The van der Waals surface area contributed by atoms with E-state index >= 15 is 0 Å². The van der Waals surface area contributed by atoms with Crippen LogP contribution in [0.25, 0.3) is 0 Å². The molecule has 0 unspecified atom stereocenters.